The Bertz CT molecular complexity index is 388. The Kier molecular flexibility index (Phi) is 7.11. The highest BCUT2D eigenvalue weighted by atomic mass is 35.5. The lowest BCUT2D eigenvalue weighted by atomic mass is 10.0. The van der Waals surface area contributed by atoms with Crippen molar-refractivity contribution in [2.24, 2.45) is 5.73 Å². The third-order valence-electron chi connectivity index (χ3n) is 2.06. The fraction of sp³-hybridized carbons (Fsp3) is 0.364. The first-order valence-corrected chi connectivity index (χ1v) is 5.28. The molecule has 1 aromatic rings. The molecule has 0 radical (unpaired) electrons. The summed E-state index contributed by atoms with van der Waals surface area (Å²) in [7, 11) is 0. The van der Waals surface area contributed by atoms with Crippen molar-refractivity contribution in [3.8, 4) is 0 Å². The van der Waals surface area contributed by atoms with Crippen LogP contribution in [-0.4, -0.2) is 12.6 Å². The Morgan fingerprint density at radius 1 is 1.59 bits per heavy atom. The number of hydrogen-bond acceptors (Lipinski definition) is 3. The summed E-state index contributed by atoms with van der Waals surface area (Å²) in [5.41, 5.74) is 6.26. The zero-order valence-corrected chi connectivity index (χ0v) is 10.9. The summed E-state index contributed by atoms with van der Waals surface area (Å²) < 4.78 is 17.9. The molecule has 0 aliphatic heterocycles. The van der Waals surface area contributed by atoms with Crippen LogP contribution in [0.1, 0.15) is 24.9 Å². The fourth-order valence-corrected chi connectivity index (χ4v) is 1.38. The largest absolute Gasteiger partial charge is 0.466 e. The second kappa shape index (κ2) is 7.48. The van der Waals surface area contributed by atoms with Gasteiger partial charge in [-0.3, -0.25) is 4.79 Å². The Balaban J connectivity index is 0.00000256. The third-order valence-corrected chi connectivity index (χ3v) is 2.37. The van der Waals surface area contributed by atoms with E-state index in [0.29, 0.717) is 12.2 Å². The zero-order chi connectivity index (χ0) is 12.1. The Morgan fingerprint density at radius 3 is 2.76 bits per heavy atom. The van der Waals surface area contributed by atoms with Crippen molar-refractivity contribution in [3.05, 3.63) is 34.6 Å². The molecule has 0 aliphatic carbocycles. The highest BCUT2D eigenvalue weighted by Gasteiger charge is 2.13. The van der Waals surface area contributed by atoms with Gasteiger partial charge >= 0.3 is 5.97 Å². The molecule has 0 spiro atoms. The summed E-state index contributed by atoms with van der Waals surface area (Å²) in [6.07, 6.45) is 0.0227. The van der Waals surface area contributed by atoms with E-state index in [1.165, 1.54) is 12.1 Å². The van der Waals surface area contributed by atoms with Crippen molar-refractivity contribution in [1.82, 2.24) is 0 Å². The molecular weight excluding hydrogens is 268 g/mol. The van der Waals surface area contributed by atoms with Crippen molar-refractivity contribution in [1.29, 1.82) is 0 Å². The van der Waals surface area contributed by atoms with Crippen LogP contribution in [0.5, 0.6) is 0 Å². The van der Waals surface area contributed by atoms with Crippen LogP contribution >= 0.6 is 24.0 Å². The van der Waals surface area contributed by atoms with E-state index >= 15 is 0 Å². The van der Waals surface area contributed by atoms with E-state index in [0.717, 1.165) is 0 Å². The Hall–Kier alpha value is -0.840. The molecule has 0 unspecified atom stereocenters. The quantitative estimate of drug-likeness (QED) is 0.864. The van der Waals surface area contributed by atoms with Crippen LogP contribution in [0.4, 0.5) is 4.39 Å². The molecule has 17 heavy (non-hydrogen) atoms. The van der Waals surface area contributed by atoms with Gasteiger partial charge in [0, 0.05) is 6.04 Å². The molecule has 1 atom stereocenters. The second-order valence-electron chi connectivity index (χ2n) is 3.29. The van der Waals surface area contributed by atoms with Crippen LogP contribution in [0.25, 0.3) is 0 Å². The van der Waals surface area contributed by atoms with Crippen LogP contribution in [-0.2, 0) is 9.53 Å². The standard InChI is InChI=1S/C11H13ClFNO2.ClH/c1-2-16-11(15)6-10(14)7-3-4-8(12)9(13)5-7;/h3-5,10H,2,6,14H2,1H3;1H/t10-;/m1./s1. The van der Waals surface area contributed by atoms with E-state index < -0.39 is 17.8 Å². The predicted molar refractivity (Wildman–Crippen MR) is 66.8 cm³/mol. The minimum Gasteiger partial charge on any atom is -0.466 e. The summed E-state index contributed by atoms with van der Waals surface area (Å²) >= 11 is 5.53. The molecule has 0 saturated carbocycles. The number of benzene rings is 1. The van der Waals surface area contributed by atoms with Gasteiger partial charge in [0.25, 0.3) is 0 Å². The van der Waals surface area contributed by atoms with E-state index in [-0.39, 0.29) is 23.9 Å². The molecule has 96 valence electrons. The SMILES string of the molecule is CCOC(=O)C[C@@H](N)c1ccc(Cl)c(F)c1.Cl. The molecular formula is C11H14Cl2FNO2. The zero-order valence-electron chi connectivity index (χ0n) is 9.28. The molecule has 2 N–H and O–H groups in total. The number of ether oxygens (including phenoxy) is 1. The fourth-order valence-electron chi connectivity index (χ4n) is 1.26. The average molecular weight is 282 g/mol. The maximum Gasteiger partial charge on any atom is 0.307 e. The van der Waals surface area contributed by atoms with Crippen LogP contribution in [0.15, 0.2) is 18.2 Å². The van der Waals surface area contributed by atoms with Gasteiger partial charge in [-0.25, -0.2) is 4.39 Å². The highest BCUT2D eigenvalue weighted by Crippen LogP contribution is 2.21. The predicted octanol–water partition coefficient (Wildman–Crippen LogP) is 2.85. The first-order chi connectivity index (χ1) is 7.54. The minimum absolute atomic E-state index is 0. The van der Waals surface area contributed by atoms with Crippen LogP contribution in [0.3, 0.4) is 0 Å². The molecule has 3 nitrogen and oxygen atoms in total. The summed E-state index contributed by atoms with van der Waals surface area (Å²) in [4.78, 5) is 11.2. The van der Waals surface area contributed by atoms with Crippen molar-refractivity contribution in [3.63, 3.8) is 0 Å². The number of nitrogens with two attached hydrogens (primary N) is 1. The summed E-state index contributed by atoms with van der Waals surface area (Å²) in [6.45, 7) is 2.02. The molecule has 0 aromatic heterocycles. The number of halogens is 3. The molecule has 1 aromatic carbocycles. The number of carbonyl (C=O) groups excluding carboxylic acids is 1. The van der Waals surface area contributed by atoms with Gasteiger partial charge in [-0.2, -0.15) is 0 Å². The van der Waals surface area contributed by atoms with Gasteiger partial charge in [0.05, 0.1) is 18.1 Å². The number of rotatable bonds is 4. The monoisotopic (exact) mass is 281 g/mol. The number of hydrogen-bond donors (Lipinski definition) is 1. The molecule has 0 aliphatic rings. The van der Waals surface area contributed by atoms with Crippen LogP contribution in [0.2, 0.25) is 5.02 Å². The Morgan fingerprint density at radius 2 is 2.24 bits per heavy atom. The van der Waals surface area contributed by atoms with Crippen molar-refractivity contribution < 1.29 is 13.9 Å². The van der Waals surface area contributed by atoms with Crippen molar-refractivity contribution in [2.45, 2.75) is 19.4 Å². The molecule has 0 saturated heterocycles. The number of esters is 1. The van der Waals surface area contributed by atoms with Gasteiger partial charge in [0.1, 0.15) is 5.82 Å². The molecule has 1 rings (SSSR count). The minimum atomic E-state index is -0.578. The van der Waals surface area contributed by atoms with E-state index in [1.807, 2.05) is 0 Å². The Labute approximate surface area is 110 Å². The highest BCUT2D eigenvalue weighted by molar-refractivity contribution is 6.30. The van der Waals surface area contributed by atoms with Gasteiger partial charge < -0.3 is 10.5 Å². The van der Waals surface area contributed by atoms with Gasteiger partial charge in [0.2, 0.25) is 0 Å². The first-order valence-electron chi connectivity index (χ1n) is 4.90. The van der Waals surface area contributed by atoms with Crippen LogP contribution < -0.4 is 5.73 Å². The smallest absolute Gasteiger partial charge is 0.307 e. The molecule has 0 fully saturated rings. The molecule has 6 heteroatoms. The lowest BCUT2D eigenvalue weighted by molar-refractivity contribution is -0.143. The van der Waals surface area contributed by atoms with Crippen molar-refractivity contribution >= 4 is 30.0 Å². The van der Waals surface area contributed by atoms with E-state index in [2.05, 4.69) is 0 Å². The van der Waals surface area contributed by atoms with Gasteiger partial charge in [-0.05, 0) is 24.6 Å². The van der Waals surface area contributed by atoms with Gasteiger partial charge in [-0.15, -0.1) is 12.4 Å². The van der Waals surface area contributed by atoms with Crippen molar-refractivity contribution in [2.75, 3.05) is 6.61 Å². The lowest BCUT2D eigenvalue weighted by Gasteiger charge is -2.11. The third kappa shape index (κ3) is 4.89. The first kappa shape index (κ1) is 16.2. The topological polar surface area (TPSA) is 52.3 Å². The second-order valence-corrected chi connectivity index (χ2v) is 3.70. The maximum absolute atomic E-state index is 13.1. The lowest BCUT2D eigenvalue weighted by Crippen LogP contribution is -2.17. The van der Waals surface area contributed by atoms with Gasteiger partial charge in [0.15, 0.2) is 0 Å². The summed E-state index contributed by atoms with van der Waals surface area (Å²) in [5, 5.41) is 0.0343. The van der Waals surface area contributed by atoms with E-state index in [1.54, 1.807) is 13.0 Å². The molecule has 0 bridgehead atoms. The number of carbonyl (C=O) groups is 1. The molecule has 0 amide bonds. The van der Waals surface area contributed by atoms with E-state index in [4.69, 9.17) is 22.1 Å². The van der Waals surface area contributed by atoms with Crippen LogP contribution in [0, 0.1) is 5.82 Å². The maximum atomic E-state index is 13.1. The summed E-state index contributed by atoms with van der Waals surface area (Å²) in [6, 6.07) is 3.66. The molecule has 0 heterocycles. The normalized spacial score (nSPS) is 11.5. The summed E-state index contributed by atoms with van der Waals surface area (Å²) in [5.74, 6) is -0.941. The van der Waals surface area contributed by atoms with E-state index in [9.17, 15) is 9.18 Å². The van der Waals surface area contributed by atoms with Gasteiger partial charge in [-0.1, -0.05) is 17.7 Å². The average Bonchev–Trinajstić information content (AvgIpc) is 2.22.